The number of urea groups is 1. The Morgan fingerprint density at radius 1 is 0.955 bits per heavy atom. The fraction of sp³-hybridized carbons (Fsp3) is 0.353. The third-order valence-corrected chi connectivity index (χ3v) is 8.78. The van der Waals surface area contributed by atoms with Crippen LogP contribution in [0.3, 0.4) is 0 Å². The first kappa shape index (κ1) is 29.3. The van der Waals surface area contributed by atoms with Crippen LogP contribution in [0.25, 0.3) is 0 Å². The molecule has 3 aliphatic heterocycles. The number of fused-ring (bicyclic) bond motifs is 5. The normalized spacial score (nSPS) is 21.2. The third-order valence-electron chi connectivity index (χ3n) is 8.78. The van der Waals surface area contributed by atoms with E-state index < -0.39 is 23.9 Å². The second kappa shape index (κ2) is 12.5. The van der Waals surface area contributed by atoms with Gasteiger partial charge in [0.1, 0.15) is 18.1 Å². The average Bonchev–Trinajstić information content (AvgIpc) is 3.41. The molecule has 1 unspecified atom stereocenters. The zero-order chi connectivity index (χ0) is 30.8. The van der Waals surface area contributed by atoms with Gasteiger partial charge in [0.15, 0.2) is 0 Å². The Hall–Kier alpha value is -4.73. The van der Waals surface area contributed by atoms with Crippen LogP contribution in [-0.4, -0.2) is 60.9 Å². The van der Waals surface area contributed by atoms with Crippen LogP contribution in [0.15, 0.2) is 77.8 Å². The Bertz CT molecular complexity index is 1590. The van der Waals surface area contributed by atoms with E-state index in [2.05, 4.69) is 0 Å². The highest BCUT2D eigenvalue weighted by atomic mass is 19.1. The molecule has 44 heavy (non-hydrogen) atoms. The number of carbonyl (C=O) groups is 3. The molecule has 1 aliphatic carbocycles. The number of aliphatic imine (C=N–C) groups is 1. The minimum Gasteiger partial charge on any atom is -0.494 e. The lowest BCUT2D eigenvalue weighted by molar-refractivity contribution is -0.132. The van der Waals surface area contributed by atoms with Gasteiger partial charge >= 0.3 is 6.03 Å². The summed E-state index contributed by atoms with van der Waals surface area (Å²) in [6, 6.07) is 18.8. The average molecular weight is 598 g/mol. The van der Waals surface area contributed by atoms with Gasteiger partial charge in [-0.3, -0.25) is 19.4 Å². The standard InChI is InChI=1S/C34H36FN5O4/c1-2-44-25-9-7-8-24(18-25)40(34(36)43)32-33(42)39(21-30(41)38-19-22-14-15-23(20-38)17-16-22)29-13-6-4-11-27(29)31(37-32)26-10-3-5-12-28(26)35/h3-13,18,22-23,32H,2,14-17,19-21H2,1H3,(H2,36,43). The predicted octanol–water partition coefficient (Wildman–Crippen LogP) is 4.97. The molecule has 7 rings (SSSR count). The van der Waals surface area contributed by atoms with Crippen molar-refractivity contribution in [2.45, 2.75) is 38.8 Å². The van der Waals surface area contributed by atoms with Gasteiger partial charge in [0, 0.05) is 30.3 Å². The lowest BCUT2D eigenvalue weighted by Crippen LogP contribution is -2.54. The molecule has 3 heterocycles. The SMILES string of the molecule is CCOc1cccc(N(C(N)=O)C2N=C(c3ccccc3F)c3ccccc3N(CC(=O)N3CC4CCC(CC4)C3)C2=O)c1. The number of amides is 4. The van der Waals surface area contributed by atoms with Crippen LogP contribution in [0.2, 0.25) is 0 Å². The number of carbonyl (C=O) groups excluding carboxylic acids is 3. The number of hydrogen-bond acceptors (Lipinski definition) is 5. The highest BCUT2D eigenvalue weighted by Gasteiger charge is 2.40. The van der Waals surface area contributed by atoms with Crippen molar-refractivity contribution in [3.8, 4) is 5.75 Å². The minimum absolute atomic E-state index is 0.155. The Labute approximate surface area is 256 Å². The van der Waals surface area contributed by atoms with Crippen LogP contribution in [0, 0.1) is 17.7 Å². The second-order valence-corrected chi connectivity index (χ2v) is 11.6. The van der Waals surface area contributed by atoms with E-state index in [9.17, 15) is 14.4 Å². The lowest BCUT2D eigenvalue weighted by Gasteiger charge is -2.32. The van der Waals surface area contributed by atoms with E-state index in [0.29, 0.717) is 48.5 Å². The second-order valence-electron chi connectivity index (χ2n) is 11.6. The van der Waals surface area contributed by atoms with Crippen LogP contribution in [0.4, 0.5) is 20.6 Å². The maximum absolute atomic E-state index is 15.4. The molecule has 1 saturated carbocycles. The van der Waals surface area contributed by atoms with Crippen molar-refractivity contribution in [3.05, 3.63) is 89.7 Å². The Kier molecular flexibility index (Phi) is 8.32. The molecule has 0 spiro atoms. The topological polar surface area (TPSA) is 109 Å². The van der Waals surface area contributed by atoms with E-state index in [1.54, 1.807) is 66.7 Å². The molecule has 3 fully saturated rings. The van der Waals surface area contributed by atoms with Gasteiger partial charge in [-0.1, -0.05) is 36.4 Å². The van der Waals surface area contributed by atoms with Gasteiger partial charge in [-0.25, -0.2) is 14.2 Å². The number of nitrogens with two attached hydrogens (primary N) is 1. The Balaban J connectivity index is 1.47. The van der Waals surface area contributed by atoms with Gasteiger partial charge < -0.3 is 15.4 Å². The molecular formula is C34H36FN5O4. The largest absolute Gasteiger partial charge is 0.494 e. The number of rotatable bonds is 7. The first-order chi connectivity index (χ1) is 21.3. The van der Waals surface area contributed by atoms with Crippen LogP contribution >= 0.6 is 0 Å². The summed E-state index contributed by atoms with van der Waals surface area (Å²) in [6.45, 7) is 3.30. The number of hydrogen-bond donors (Lipinski definition) is 1. The number of benzodiazepines with no additional fused rings is 1. The third kappa shape index (κ3) is 5.76. The fourth-order valence-corrected chi connectivity index (χ4v) is 6.63. The van der Waals surface area contributed by atoms with Gasteiger partial charge in [0.25, 0.3) is 5.91 Å². The summed E-state index contributed by atoms with van der Waals surface area (Å²) in [5.74, 6) is 0.0372. The Morgan fingerprint density at radius 2 is 1.61 bits per heavy atom. The molecule has 10 heteroatoms. The molecule has 2 N–H and O–H groups in total. The van der Waals surface area contributed by atoms with Gasteiger partial charge in [-0.2, -0.15) is 0 Å². The number of primary amides is 1. The van der Waals surface area contributed by atoms with Crippen molar-refractivity contribution in [2.75, 3.05) is 36.0 Å². The summed E-state index contributed by atoms with van der Waals surface area (Å²) in [5.41, 5.74) is 7.40. The molecule has 2 saturated heterocycles. The van der Waals surface area contributed by atoms with Crippen LogP contribution in [-0.2, 0) is 9.59 Å². The Morgan fingerprint density at radius 3 is 2.27 bits per heavy atom. The van der Waals surface area contributed by atoms with Crippen molar-refractivity contribution < 1.29 is 23.5 Å². The zero-order valence-corrected chi connectivity index (χ0v) is 24.7. The molecule has 1 atom stereocenters. The van der Waals surface area contributed by atoms with E-state index in [0.717, 1.165) is 30.6 Å². The van der Waals surface area contributed by atoms with E-state index in [4.69, 9.17) is 15.5 Å². The number of para-hydroxylation sites is 1. The summed E-state index contributed by atoms with van der Waals surface area (Å²) in [6.07, 6.45) is 2.90. The van der Waals surface area contributed by atoms with Crippen molar-refractivity contribution >= 4 is 34.9 Å². The summed E-state index contributed by atoms with van der Waals surface area (Å²) in [4.78, 5) is 50.7. The maximum atomic E-state index is 15.4. The highest BCUT2D eigenvalue weighted by molar-refractivity contribution is 6.22. The zero-order valence-electron chi connectivity index (χ0n) is 24.7. The molecule has 0 radical (unpaired) electrons. The molecule has 228 valence electrons. The van der Waals surface area contributed by atoms with Crippen LogP contribution in [0.5, 0.6) is 5.75 Å². The number of anilines is 2. The summed E-state index contributed by atoms with van der Waals surface area (Å²) < 4.78 is 21.0. The predicted molar refractivity (Wildman–Crippen MR) is 166 cm³/mol. The number of ether oxygens (including phenoxy) is 1. The first-order valence-corrected chi connectivity index (χ1v) is 15.2. The quantitative estimate of drug-likeness (QED) is 0.415. The number of halogens is 1. The van der Waals surface area contributed by atoms with Crippen molar-refractivity contribution in [1.82, 2.24) is 4.90 Å². The van der Waals surface area contributed by atoms with E-state index in [-0.39, 0.29) is 29.4 Å². The van der Waals surface area contributed by atoms with Crippen molar-refractivity contribution in [2.24, 2.45) is 22.6 Å². The van der Waals surface area contributed by atoms with Crippen molar-refractivity contribution in [1.29, 1.82) is 0 Å². The van der Waals surface area contributed by atoms with Gasteiger partial charge in [0.05, 0.1) is 23.7 Å². The molecule has 2 bridgehead atoms. The maximum Gasteiger partial charge on any atom is 0.321 e. The molecule has 9 nitrogen and oxygen atoms in total. The van der Waals surface area contributed by atoms with Gasteiger partial charge in [-0.15, -0.1) is 0 Å². The molecule has 4 aliphatic rings. The fourth-order valence-electron chi connectivity index (χ4n) is 6.63. The van der Waals surface area contributed by atoms with E-state index in [1.807, 2.05) is 11.8 Å². The lowest BCUT2D eigenvalue weighted by atomic mass is 9.84. The first-order valence-electron chi connectivity index (χ1n) is 15.2. The van der Waals surface area contributed by atoms with Crippen molar-refractivity contribution in [3.63, 3.8) is 0 Å². The monoisotopic (exact) mass is 597 g/mol. The number of benzene rings is 3. The molecule has 3 aromatic rings. The van der Waals surface area contributed by atoms with Crippen LogP contribution in [0.1, 0.15) is 43.7 Å². The molecule has 0 aromatic heterocycles. The highest BCUT2D eigenvalue weighted by Crippen LogP contribution is 2.35. The number of nitrogens with zero attached hydrogens (tertiary/aromatic N) is 4. The van der Waals surface area contributed by atoms with Crippen LogP contribution < -0.4 is 20.3 Å². The molecular weight excluding hydrogens is 561 g/mol. The van der Waals surface area contributed by atoms with Gasteiger partial charge in [0.2, 0.25) is 12.1 Å². The van der Waals surface area contributed by atoms with E-state index >= 15 is 4.39 Å². The molecule has 4 amide bonds. The van der Waals surface area contributed by atoms with Gasteiger partial charge in [-0.05, 0) is 74.8 Å². The molecule has 3 aromatic carbocycles. The summed E-state index contributed by atoms with van der Waals surface area (Å²) in [7, 11) is 0. The summed E-state index contributed by atoms with van der Waals surface area (Å²) in [5, 5.41) is 0. The smallest absolute Gasteiger partial charge is 0.321 e. The van der Waals surface area contributed by atoms with E-state index in [1.165, 1.54) is 11.0 Å². The minimum atomic E-state index is -1.53. The summed E-state index contributed by atoms with van der Waals surface area (Å²) >= 11 is 0.